The van der Waals surface area contributed by atoms with Gasteiger partial charge in [0.05, 0.1) is 10.6 Å². The SMILES string of the molecule is CNCc1nnc(-c2cc(F)c(Cl)cc2F)s1. The largest absolute Gasteiger partial charge is 0.313 e. The fourth-order valence-corrected chi connectivity index (χ4v) is 2.29. The number of hydrogen-bond donors (Lipinski definition) is 1. The summed E-state index contributed by atoms with van der Waals surface area (Å²) in [5.41, 5.74) is 0.0757. The Labute approximate surface area is 105 Å². The molecule has 0 radical (unpaired) electrons. The molecule has 0 saturated heterocycles. The van der Waals surface area contributed by atoms with Crippen molar-refractivity contribution in [1.82, 2.24) is 15.5 Å². The van der Waals surface area contributed by atoms with E-state index < -0.39 is 11.6 Å². The number of aromatic nitrogens is 2. The maximum absolute atomic E-state index is 13.6. The minimum absolute atomic E-state index is 0.0757. The van der Waals surface area contributed by atoms with Crippen LogP contribution in [-0.4, -0.2) is 17.2 Å². The molecule has 0 aliphatic rings. The van der Waals surface area contributed by atoms with Gasteiger partial charge >= 0.3 is 0 Å². The van der Waals surface area contributed by atoms with Crippen molar-refractivity contribution in [3.63, 3.8) is 0 Å². The van der Waals surface area contributed by atoms with Crippen molar-refractivity contribution in [3.05, 3.63) is 33.8 Å². The van der Waals surface area contributed by atoms with E-state index in [1.165, 1.54) is 11.3 Å². The second-order valence-corrected chi connectivity index (χ2v) is 4.75. The van der Waals surface area contributed by atoms with Crippen LogP contribution in [0.4, 0.5) is 8.78 Å². The van der Waals surface area contributed by atoms with E-state index in [9.17, 15) is 8.78 Å². The smallest absolute Gasteiger partial charge is 0.150 e. The van der Waals surface area contributed by atoms with Crippen molar-refractivity contribution in [1.29, 1.82) is 0 Å². The summed E-state index contributed by atoms with van der Waals surface area (Å²) in [4.78, 5) is 0. The standard InChI is InChI=1S/C10H8ClF2N3S/c1-14-4-9-15-16-10(17-9)5-2-8(13)6(11)3-7(5)12/h2-3,14H,4H2,1H3. The number of rotatable bonds is 3. The second kappa shape index (κ2) is 5.03. The van der Waals surface area contributed by atoms with E-state index in [0.717, 1.165) is 12.1 Å². The van der Waals surface area contributed by atoms with Gasteiger partial charge in [-0.3, -0.25) is 0 Å². The van der Waals surface area contributed by atoms with Crippen molar-refractivity contribution < 1.29 is 8.78 Å². The number of halogens is 3. The summed E-state index contributed by atoms with van der Waals surface area (Å²) in [5, 5.41) is 11.4. The van der Waals surface area contributed by atoms with Crippen LogP contribution in [0.25, 0.3) is 10.6 Å². The average Bonchev–Trinajstić information content (AvgIpc) is 2.72. The van der Waals surface area contributed by atoms with Crippen molar-refractivity contribution in [2.45, 2.75) is 6.54 Å². The zero-order chi connectivity index (χ0) is 12.4. The van der Waals surface area contributed by atoms with Gasteiger partial charge in [-0.1, -0.05) is 22.9 Å². The minimum Gasteiger partial charge on any atom is -0.313 e. The molecule has 0 bridgehead atoms. The van der Waals surface area contributed by atoms with Crippen LogP contribution in [0.2, 0.25) is 5.02 Å². The topological polar surface area (TPSA) is 37.8 Å². The normalized spacial score (nSPS) is 10.8. The highest BCUT2D eigenvalue weighted by molar-refractivity contribution is 7.14. The first-order valence-corrected chi connectivity index (χ1v) is 5.93. The van der Waals surface area contributed by atoms with Gasteiger partial charge in [0.15, 0.2) is 5.01 Å². The predicted octanol–water partition coefficient (Wildman–Crippen LogP) is 2.86. The Morgan fingerprint density at radius 2 is 2.06 bits per heavy atom. The lowest BCUT2D eigenvalue weighted by atomic mass is 10.2. The van der Waals surface area contributed by atoms with E-state index in [4.69, 9.17) is 11.6 Å². The Morgan fingerprint density at radius 1 is 1.29 bits per heavy atom. The molecule has 90 valence electrons. The zero-order valence-electron chi connectivity index (χ0n) is 8.80. The van der Waals surface area contributed by atoms with Gasteiger partial charge in [-0.05, 0) is 19.2 Å². The molecule has 0 unspecified atom stereocenters. The van der Waals surface area contributed by atoms with Crippen LogP contribution in [0.1, 0.15) is 5.01 Å². The summed E-state index contributed by atoms with van der Waals surface area (Å²) in [7, 11) is 1.77. The molecule has 1 aromatic carbocycles. The van der Waals surface area contributed by atoms with Gasteiger partial charge in [0, 0.05) is 6.54 Å². The first kappa shape index (κ1) is 12.3. The van der Waals surface area contributed by atoms with E-state index >= 15 is 0 Å². The molecular weight excluding hydrogens is 268 g/mol. The highest BCUT2D eigenvalue weighted by Crippen LogP contribution is 2.29. The Kier molecular flexibility index (Phi) is 3.66. The maximum atomic E-state index is 13.6. The molecular formula is C10H8ClF2N3S. The van der Waals surface area contributed by atoms with Crippen molar-refractivity contribution in [2.24, 2.45) is 0 Å². The molecule has 0 aliphatic carbocycles. The quantitative estimate of drug-likeness (QED) is 0.876. The Hall–Kier alpha value is -1.11. The van der Waals surface area contributed by atoms with Crippen LogP contribution < -0.4 is 5.32 Å². The Bertz CT molecular complexity index is 544. The lowest BCUT2D eigenvalue weighted by Crippen LogP contribution is -2.04. The summed E-state index contributed by atoms with van der Waals surface area (Å²) < 4.78 is 26.8. The molecule has 0 aliphatic heterocycles. The molecule has 1 heterocycles. The molecule has 0 atom stereocenters. The van der Waals surface area contributed by atoms with Crippen LogP contribution in [0, 0.1) is 11.6 Å². The predicted molar refractivity (Wildman–Crippen MR) is 63.0 cm³/mol. The van der Waals surface area contributed by atoms with Crippen molar-refractivity contribution in [2.75, 3.05) is 7.05 Å². The van der Waals surface area contributed by atoms with Gasteiger partial charge in [0.1, 0.15) is 16.6 Å². The van der Waals surface area contributed by atoms with E-state index in [1.807, 2.05) is 0 Å². The lowest BCUT2D eigenvalue weighted by molar-refractivity contribution is 0.603. The molecule has 0 amide bonds. The summed E-state index contributed by atoms with van der Waals surface area (Å²) >= 11 is 6.68. The van der Waals surface area contributed by atoms with E-state index in [2.05, 4.69) is 15.5 Å². The van der Waals surface area contributed by atoms with Crippen LogP contribution in [0.5, 0.6) is 0 Å². The Balaban J connectivity index is 2.41. The molecule has 0 spiro atoms. The van der Waals surface area contributed by atoms with Crippen LogP contribution >= 0.6 is 22.9 Å². The van der Waals surface area contributed by atoms with Crippen molar-refractivity contribution in [3.8, 4) is 10.6 Å². The minimum atomic E-state index is -0.673. The third-order valence-electron chi connectivity index (χ3n) is 2.04. The molecule has 7 heteroatoms. The van der Waals surface area contributed by atoms with E-state index in [-0.39, 0.29) is 10.6 Å². The molecule has 0 saturated carbocycles. The molecule has 2 aromatic rings. The summed E-state index contributed by atoms with van der Waals surface area (Å²) in [6, 6.07) is 1.96. The Morgan fingerprint density at radius 3 is 2.76 bits per heavy atom. The maximum Gasteiger partial charge on any atom is 0.150 e. The third kappa shape index (κ3) is 2.59. The highest BCUT2D eigenvalue weighted by Gasteiger charge is 2.14. The van der Waals surface area contributed by atoms with Gasteiger partial charge in [0.2, 0.25) is 0 Å². The average molecular weight is 276 g/mol. The van der Waals surface area contributed by atoms with Crippen LogP contribution in [-0.2, 0) is 6.54 Å². The number of benzene rings is 1. The first-order chi connectivity index (χ1) is 8.11. The molecule has 1 aromatic heterocycles. The first-order valence-electron chi connectivity index (χ1n) is 4.73. The molecule has 17 heavy (non-hydrogen) atoms. The van der Waals surface area contributed by atoms with Gasteiger partial charge in [-0.2, -0.15) is 0 Å². The molecule has 1 N–H and O–H groups in total. The number of nitrogens with one attached hydrogen (secondary N) is 1. The highest BCUT2D eigenvalue weighted by atomic mass is 35.5. The number of nitrogens with zero attached hydrogens (tertiary/aromatic N) is 2. The van der Waals surface area contributed by atoms with Gasteiger partial charge in [-0.15, -0.1) is 10.2 Å². The van der Waals surface area contributed by atoms with Crippen LogP contribution in [0.3, 0.4) is 0 Å². The fourth-order valence-electron chi connectivity index (χ4n) is 1.27. The van der Waals surface area contributed by atoms with Gasteiger partial charge in [-0.25, -0.2) is 8.78 Å². The van der Waals surface area contributed by atoms with Crippen molar-refractivity contribution >= 4 is 22.9 Å². The second-order valence-electron chi connectivity index (χ2n) is 3.28. The van der Waals surface area contributed by atoms with Crippen LogP contribution in [0.15, 0.2) is 12.1 Å². The monoisotopic (exact) mass is 275 g/mol. The zero-order valence-corrected chi connectivity index (χ0v) is 10.4. The summed E-state index contributed by atoms with van der Waals surface area (Å²) in [6.45, 7) is 0.537. The lowest BCUT2D eigenvalue weighted by Gasteiger charge is -2.00. The fraction of sp³-hybridized carbons (Fsp3) is 0.200. The molecule has 2 rings (SSSR count). The summed E-state index contributed by atoms with van der Waals surface area (Å²) in [5.74, 6) is -1.28. The molecule has 3 nitrogen and oxygen atoms in total. The third-order valence-corrected chi connectivity index (χ3v) is 3.28. The van der Waals surface area contributed by atoms with Gasteiger partial charge < -0.3 is 5.32 Å². The van der Waals surface area contributed by atoms with Gasteiger partial charge in [0.25, 0.3) is 0 Å². The molecule has 0 fully saturated rings. The van der Waals surface area contributed by atoms with E-state index in [0.29, 0.717) is 16.6 Å². The van der Waals surface area contributed by atoms with E-state index in [1.54, 1.807) is 7.05 Å². The summed E-state index contributed by atoms with van der Waals surface area (Å²) in [6.07, 6.45) is 0. The number of hydrogen-bond acceptors (Lipinski definition) is 4.